The van der Waals surface area contributed by atoms with Gasteiger partial charge in [0, 0.05) is 107 Å². The first-order chi connectivity index (χ1) is 37.5. The summed E-state index contributed by atoms with van der Waals surface area (Å²) < 4.78 is 11.1. The van der Waals surface area contributed by atoms with Gasteiger partial charge in [-0.2, -0.15) is 0 Å². The van der Waals surface area contributed by atoms with Crippen molar-refractivity contribution in [2.75, 3.05) is 13.2 Å². The van der Waals surface area contributed by atoms with Crippen LogP contribution in [0.4, 0.5) is 0 Å². The van der Waals surface area contributed by atoms with E-state index in [0.717, 1.165) is 33.6 Å². The number of nitrogens with zero attached hydrogens (tertiary/aromatic N) is 6. The summed E-state index contributed by atoms with van der Waals surface area (Å²) in [5, 5.41) is 20.0. The number of nitrogens with one attached hydrogen (secondary N) is 2. The SMILES string of the molecule is CC(C)(C)[Si](OCCCn1cc(C2=C(c3cccc4cccnc34)C(=O)NC2=O)c2cccnc21)(c1ccccc1)c1ccccc1.O=C1NC(=O)C(c2cccc3cccnc23)=C1c1cn(CCCO)c2ncccc12. The lowest BCUT2D eigenvalue weighted by molar-refractivity contribution is -0.124. The Hall–Kier alpha value is -9.02. The molecule has 0 fully saturated rings. The third-order valence-corrected chi connectivity index (χ3v) is 19.4. The van der Waals surface area contributed by atoms with Crippen molar-refractivity contribution in [1.29, 1.82) is 0 Å². The van der Waals surface area contributed by atoms with Crippen LogP contribution in [0.25, 0.3) is 66.2 Å². The van der Waals surface area contributed by atoms with E-state index in [-0.39, 0.29) is 11.6 Å². The van der Waals surface area contributed by atoms with Gasteiger partial charge in [0.25, 0.3) is 31.9 Å². The number of carbonyl (C=O) groups excluding carboxylic acids is 4. The Labute approximate surface area is 445 Å². The number of amides is 4. The quantitative estimate of drug-likeness (QED) is 0.0542. The maximum atomic E-state index is 13.4. The molecule has 12 rings (SSSR count). The van der Waals surface area contributed by atoms with Crippen LogP contribution in [0.15, 0.2) is 183 Å². The number of para-hydroxylation sites is 2. The molecule has 0 spiro atoms. The molecular weight excluding hydrogens is 981 g/mol. The predicted octanol–water partition coefficient (Wildman–Crippen LogP) is 8.65. The summed E-state index contributed by atoms with van der Waals surface area (Å²) in [6.07, 6.45) is 11.9. The van der Waals surface area contributed by atoms with Gasteiger partial charge in [-0.25, -0.2) is 9.97 Å². The molecule has 0 bridgehead atoms. The lowest BCUT2D eigenvalue weighted by Gasteiger charge is -2.43. The Morgan fingerprint density at radius 3 is 1.32 bits per heavy atom. The zero-order valence-corrected chi connectivity index (χ0v) is 43.7. The average molecular weight is 1040 g/mol. The Morgan fingerprint density at radius 2 is 0.883 bits per heavy atom. The van der Waals surface area contributed by atoms with Crippen molar-refractivity contribution >= 4 is 108 Å². The molecule has 3 N–H and O–H groups in total. The van der Waals surface area contributed by atoms with E-state index in [1.165, 1.54) is 10.4 Å². The summed E-state index contributed by atoms with van der Waals surface area (Å²) in [4.78, 5) is 70.7. The molecule has 0 radical (unpaired) electrons. The minimum atomic E-state index is -2.67. The van der Waals surface area contributed by atoms with Gasteiger partial charge in [0.1, 0.15) is 11.3 Å². The monoisotopic (exact) mass is 1030 g/mol. The molecule has 4 aromatic carbocycles. The van der Waals surface area contributed by atoms with E-state index in [1.54, 1.807) is 30.9 Å². The van der Waals surface area contributed by atoms with Gasteiger partial charge in [-0.15, -0.1) is 0 Å². The summed E-state index contributed by atoms with van der Waals surface area (Å²) in [6, 6.07) is 47.6. The molecule has 4 amide bonds. The summed E-state index contributed by atoms with van der Waals surface area (Å²) in [5.41, 5.74) is 6.67. The molecule has 77 heavy (non-hydrogen) atoms. The van der Waals surface area contributed by atoms with Crippen LogP contribution >= 0.6 is 0 Å². The summed E-state index contributed by atoms with van der Waals surface area (Å²) in [7, 11) is -2.67. The number of fused-ring (bicyclic) bond motifs is 4. The number of hydrogen-bond acceptors (Lipinski definition) is 10. The molecule has 0 unspecified atom stereocenters. The Balaban J connectivity index is 0.000000181. The maximum Gasteiger partial charge on any atom is 0.261 e. The topological polar surface area (TPSA) is 183 Å². The van der Waals surface area contributed by atoms with Crippen LogP contribution in [-0.2, 0) is 36.7 Å². The molecule has 0 aliphatic carbocycles. The van der Waals surface area contributed by atoms with E-state index < -0.39 is 31.9 Å². The first-order valence-electron chi connectivity index (χ1n) is 25.6. The number of hydrogen-bond donors (Lipinski definition) is 3. The lowest BCUT2D eigenvalue weighted by Crippen LogP contribution is -2.66. The molecule has 382 valence electrons. The zero-order valence-electron chi connectivity index (χ0n) is 42.7. The van der Waals surface area contributed by atoms with Crippen LogP contribution in [0.1, 0.15) is 55.9 Å². The molecule has 6 aromatic heterocycles. The Kier molecular flexibility index (Phi) is 13.6. The van der Waals surface area contributed by atoms with E-state index in [9.17, 15) is 24.3 Å². The van der Waals surface area contributed by atoms with Crippen LogP contribution in [0.5, 0.6) is 0 Å². The van der Waals surface area contributed by atoms with Gasteiger partial charge < -0.3 is 18.7 Å². The summed E-state index contributed by atoms with van der Waals surface area (Å²) in [6.45, 7) is 8.61. The first-order valence-corrected chi connectivity index (χ1v) is 27.5. The number of carbonyl (C=O) groups is 4. The van der Waals surface area contributed by atoms with Crippen molar-refractivity contribution < 1.29 is 28.7 Å². The zero-order chi connectivity index (χ0) is 53.3. The third kappa shape index (κ3) is 9.13. The van der Waals surface area contributed by atoms with Crippen LogP contribution in [0.3, 0.4) is 0 Å². The highest BCUT2D eigenvalue weighted by molar-refractivity contribution is 6.99. The van der Waals surface area contributed by atoms with Crippen LogP contribution in [0.2, 0.25) is 5.04 Å². The first kappa shape index (κ1) is 50.2. The number of pyridine rings is 4. The van der Waals surface area contributed by atoms with Gasteiger partial charge in [-0.3, -0.25) is 39.8 Å². The molecule has 0 saturated carbocycles. The smallest absolute Gasteiger partial charge is 0.261 e. The van der Waals surface area contributed by atoms with E-state index in [4.69, 9.17) is 9.41 Å². The fraction of sp³-hybridized carbons (Fsp3) is 0.161. The number of benzene rings is 4. The van der Waals surface area contributed by atoms with Crippen molar-refractivity contribution in [2.24, 2.45) is 0 Å². The van der Waals surface area contributed by atoms with Gasteiger partial charge >= 0.3 is 0 Å². The molecule has 0 saturated heterocycles. The highest BCUT2D eigenvalue weighted by Gasteiger charge is 2.50. The minimum absolute atomic E-state index is 0.0520. The van der Waals surface area contributed by atoms with Crippen molar-refractivity contribution in [3.63, 3.8) is 0 Å². The summed E-state index contributed by atoms with van der Waals surface area (Å²) in [5.74, 6) is -1.72. The molecule has 15 heteroatoms. The maximum absolute atomic E-state index is 13.4. The number of aliphatic hydroxyl groups excluding tert-OH is 1. The summed E-state index contributed by atoms with van der Waals surface area (Å²) >= 11 is 0. The standard InChI is InChI=1S/C39H36N4O3Si.C23H18N4O3/c1-39(2,3)47(28-16-6-4-7-17-28,29-18-8-5-9-19-29)46-25-13-24-43-26-32(30-21-12-23-41-36(30)43)34-33(37(44)42-38(34)45)31-20-10-14-27-15-11-22-40-35(27)31;28-12-4-11-27-13-17(15-8-3-10-25-21(15)27)19-18(22(29)26-23(19)30)16-7-1-5-14-6-2-9-24-20(14)16/h4-12,14-23,26H,13,24-25H2,1-3H3,(H,42,44,45);1-3,5-10,13,28H,4,11-12H2,(H,26,29,30). The fourth-order valence-corrected chi connectivity index (χ4v) is 15.6. The molecule has 10 aromatic rings. The minimum Gasteiger partial charge on any atom is -0.407 e. The van der Waals surface area contributed by atoms with Crippen LogP contribution < -0.4 is 21.0 Å². The van der Waals surface area contributed by atoms with E-state index in [1.807, 2.05) is 108 Å². The van der Waals surface area contributed by atoms with Gasteiger partial charge in [-0.05, 0) is 64.7 Å². The normalized spacial score (nSPS) is 14.0. The third-order valence-electron chi connectivity index (χ3n) is 14.3. The van der Waals surface area contributed by atoms with E-state index in [2.05, 4.69) is 99.5 Å². The van der Waals surface area contributed by atoms with Gasteiger partial charge in [-0.1, -0.05) is 130 Å². The van der Waals surface area contributed by atoms with Crippen LogP contribution in [-0.4, -0.2) is 79.3 Å². The van der Waals surface area contributed by atoms with Crippen LogP contribution in [0, 0.1) is 0 Å². The molecule has 14 nitrogen and oxygen atoms in total. The molecule has 0 atom stereocenters. The Bertz CT molecular complexity index is 3960. The number of aliphatic hydroxyl groups is 1. The number of rotatable bonds is 14. The highest BCUT2D eigenvalue weighted by Crippen LogP contribution is 2.40. The number of aromatic nitrogens is 6. The molecule has 2 aliphatic rings. The molecular formula is C62H54N8O6Si. The second-order valence-electron chi connectivity index (χ2n) is 20.0. The van der Waals surface area contributed by atoms with Gasteiger partial charge in [0.05, 0.1) is 33.3 Å². The largest absolute Gasteiger partial charge is 0.407 e. The van der Waals surface area contributed by atoms with E-state index >= 15 is 0 Å². The Morgan fingerprint density at radius 1 is 0.481 bits per heavy atom. The predicted molar refractivity (Wildman–Crippen MR) is 303 cm³/mol. The second kappa shape index (κ2) is 20.9. The lowest BCUT2D eigenvalue weighted by atomic mass is 9.94. The second-order valence-corrected chi connectivity index (χ2v) is 24.3. The number of aryl methyl sites for hydroxylation is 2. The van der Waals surface area contributed by atoms with Gasteiger partial charge in [0.15, 0.2) is 0 Å². The molecule has 8 heterocycles. The number of imide groups is 2. The highest BCUT2D eigenvalue weighted by atomic mass is 28.4. The average Bonchev–Trinajstić information content (AvgIpc) is 4.35. The van der Waals surface area contributed by atoms with Crippen molar-refractivity contribution in [3.8, 4) is 0 Å². The van der Waals surface area contributed by atoms with Crippen molar-refractivity contribution in [3.05, 3.63) is 205 Å². The van der Waals surface area contributed by atoms with Gasteiger partial charge in [0.2, 0.25) is 0 Å². The van der Waals surface area contributed by atoms with Crippen molar-refractivity contribution in [2.45, 2.75) is 51.7 Å². The molecule has 2 aliphatic heterocycles. The van der Waals surface area contributed by atoms with E-state index in [0.29, 0.717) is 87.3 Å². The fourth-order valence-electron chi connectivity index (χ4n) is 11.0. The van der Waals surface area contributed by atoms with Crippen molar-refractivity contribution in [1.82, 2.24) is 39.7 Å².